The number of nitrogens with two attached hydrogens (primary N) is 1. The van der Waals surface area contributed by atoms with Crippen molar-refractivity contribution >= 4 is 11.6 Å². The molecular formula is C16H25N3O2. The van der Waals surface area contributed by atoms with Crippen molar-refractivity contribution in [2.24, 2.45) is 0 Å². The van der Waals surface area contributed by atoms with E-state index in [-0.39, 0.29) is 11.9 Å². The zero-order valence-corrected chi connectivity index (χ0v) is 13.1. The Morgan fingerprint density at radius 3 is 2.86 bits per heavy atom. The Labute approximate surface area is 126 Å². The first-order valence-electron chi connectivity index (χ1n) is 7.49. The molecule has 2 N–H and O–H groups in total. The molecule has 0 spiro atoms. The van der Waals surface area contributed by atoms with Crippen LogP contribution in [-0.2, 0) is 0 Å². The van der Waals surface area contributed by atoms with E-state index in [2.05, 4.69) is 18.9 Å². The van der Waals surface area contributed by atoms with Gasteiger partial charge in [-0.3, -0.25) is 4.79 Å². The molecule has 0 saturated carbocycles. The molecule has 1 saturated heterocycles. The van der Waals surface area contributed by atoms with Crippen molar-refractivity contribution < 1.29 is 9.53 Å². The lowest BCUT2D eigenvalue weighted by Gasteiger charge is -2.30. The molecule has 1 heterocycles. The molecule has 0 aliphatic carbocycles. The molecule has 1 unspecified atom stereocenters. The van der Waals surface area contributed by atoms with E-state index in [1.54, 1.807) is 25.3 Å². The number of carbonyl (C=O) groups is 1. The van der Waals surface area contributed by atoms with Gasteiger partial charge in [-0.2, -0.15) is 0 Å². The molecule has 5 heteroatoms. The fraction of sp³-hybridized carbons (Fsp3) is 0.562. The summed E-state index contributed by atoms with van der Waals surface area (Å²) in [6.45, 7) is 4.83. The van der Waals surface area contributed by atoms with Crippen molar-refractivity contribution in [1.82, 2.24) is 9.80 Å². The number of rotatable bonds is 3. The molecule has 21 heavy (non-hydrogen) atoms. The van der Waals surface area contributed by atoms with Crippen LogP contribution in [0.5, 0.6) is 5.75 Å². The molecule has 1 atom stereocenters. The van der Waals surface area contributed by atoms with Crippen LogP contribution in [0.15, 0.2) is 18.2 Å². The highest BCUT2D eigenvalue weighted by molar-refractivity contribution is 5.98. The molecule has 0 bridgehead atoms. The maximum Gasteiger partial charge on any atom is 0.257 e. The van der Waals surface area contributed by atoms with Gasteiger partial charge in [-0.05, 0) is 44.6 Å². The maximum absolute atomic E-state index is 12.9. The second kappa shape index (κ2) is 6.80. The van der Waals surface area contributed by atoms with Gasteiger partial charge in [0.15, 0.2) is 0 Å². The van der Waals surface area contributed by atoms with Crippen LogP contribution in [0.3, 0.4) is 0 Å². The first-order chi connectivity index (χ1) is 10.1. The predicted octanol–water partition coefficient (Wildman–Crippen LogP) is 1.83. The van der Waals surface area contributed by atoms with Gasteiger partial charge in [-0.1, -0.05) is 6.92 Å². The first kappa shape index (κ1) is 15.6. The topological polar surface area (TPSA) is 58.8 Å². The van der Waals surface area contributed by atoms with Gasteiger partial charge < -0.3 is 20.3 Å². The van der Waals surface area contributed by atoms with E-state index >= 15 is 0 Å². The second-order valence-electron chi connectivity index (χ2n) is 5.64. The van der Waals surface area contributed by atoms with E-state index in [0.717, 1.165) is 32.5 Å². The van der Waals surface area contributed by atoms with Crippen molar-refractivity contribution in [3.63, 3.8) is 0 Å². The molecular weight excluding hydrogens is 266 g/mol. The summed E-state index contributed by atoms with van der Waals surface area (Å²) >= 11 is 0. The lowest BCUT2D eigenvalue weighted by molar-refractivity contribution is 0.0672. The van der Waals surface area contributed by atoms with Gasteiger partial charge in [0, 0.05) is 24.8 Å². The third-order valence-electron chi connectivity index (χ3n) is 4.09. The Morgan fingerprint density at radius 1 is 1.43 bits per heavy atom. The number of ether oxygens (including phenoxy) is 1. The monoisotopic (exact) mass is 291 g/mol. The normalized spacial score (nSPS) is 20.1. The number of anilines is 1. The van der Waals surface area contributed by atoms with E-state index in [4.69, 9.17) is 10.5 Å². The lowest BCUT2D eigenvalue weighted by atomic mass is 10.1. The minimum Gasteiger partial charge on any atom is -0.496 e. The van der Waals surface area contributed by atoms with Gasteiger partial charge >= 0.3 is 0 Å². The number of likely N-dealkylation sites (N-methyl/N-ethyl adjacent to an activating group) is 1. The summed E-state index contributed by atoms with van der Waals surface area (Å²) in [5.41, 5.74) is 6.97. The van der Waals surface area contributed by atoms with Crippen LogP contribution in [-0.4, -0.2) is 55.5 Å². The molecule has 1 fully saturated rings. The largest absolute Gasteiger partial charge is 0.496 e. The highest BCUT2D eigenvalue weighted by Crippen LogP contribution is 2.25. The summed E-state index contributed by atoms with van der Waals surface area (Å²) in [6.07, 6.45) is 1.93. The van der Waals surface area contributed by atoms with Crippen LogP contribution < -0.4 is 10.5 Å². The van der Waals surface area contributed by atoms with Gasteiger partial charge in [0.25, 0.3) is 5.91 Å². The lowest BCUT2D eigenvalue weighted by Crippen LogP contribution is -2.43. The quantitative estimate of drug-likeness (QED) is 0.863. The van der Waals surface area contributed by atoms with Gasteiger partial charge in [0.05, 0.1) is 12.7 Å². The zero-order chi connectivity index (χ0) is 15.4. The summed E-state index contributed by atoms with van der Waals surface area (Å²) in [6, 6.07) is 5.45. The van der Waals surface area contributed by atoms with Crippen LogP contribution in [0.1, 0.15) is 30.1 Å². The number of methoxy groups -OCH3 is 1. The van der Waals surface area contributed by atoms with E-state index in [9.17, 15) is 4.79 Å². The Hall–Kier alpha value is -1.75. The number of nitrogens with zero attached hydrogens (tertiary/aromatic N) is 2. The summed E-state index contributed by atoms with van der Waals surface area (Å²) in [4.78, 5) is 17.2. The van der Waals surface area contributed by atoms with Crippen LogP contribution in [0.4, 0.5) is 5.69 Å². The maximum atomic E-state index is 12.9. The fourth-order valence-corrected chi connectivity index (χ4v) is 2.91. The number of nitrogen functional groups attached to an aromatic ring is 1. The van der Waals surface area contributed by atoms with E-state index < -0.39 is 0 Å². The molecule has 1 aromatic rings. The Kier molecular flexibility index (Phi) is 5.07. The predicted molar refractivity (Wildman–Crippen MR) is 84.6 cm³/mol. The van der Waals surface area contributed by atoms with Gasteiger partial charge in [-0.15, -0.1) is 0 Å². The Balaban J connectivity index is 2.31. The number of hydrogen-bond acceptors (Lipinski definition) is 4. The molecule has 5 nitrogen and oxygen atoms in total. The van der Waals surface area contributed by atoms with Crippen LogP contribution >= 0.6 is 0 Å². The molecule has 0 aromatic heterocycles. The highest BCUT2D eigenvalue weighted by Gasteiger charge is 2.28. The number of carbonyl (C=O) groups excluding carboxylic acids is 1. The molecule has 1 aromatic carbocycles. The molecule has 1 aliphatic heterocycles. The van der Waals surface area contributed by atoms with E-state index in [0.29, 0.717) is 17.0 Å². The molecule has 1 amide bonds. The van der Waals surface area contributed by atoms with Gasteiger partial charge in [0.2, 0.25) is 0 Å². The Morgan fingerprint density at radius 2 is 2.19 bits per heavy atom. The van der Waals surface area contributed by atoms with Gasteiger partial charge in [-0.25, -0.2) is 0 Å². The smallest absolute Gasteiger partial charge is 0.257 e. The summed E-state index contributed by atoms with van der Waals surface area (Å²) in [5.74, 6) is 0.600. The number of benzene rings is 1. The van der Waals surface area contributed by atoms with Gasteiger partial charge in [0.1, 0.15) is 5.75 Å². The minimum atomic E-state index is 0.0151. The van der Waals surface area contributed by atoms with Crippen molar-refractivity contribution in [3.8, 4) is 5.75 Å². The van der Waals surface area contributed by atoms with Crippen LogP contribution in [0.2, 0.25) is 0 Å². The zero-order valence-electron chi connectivity index (χ0n) is 13.1. The van der Waals surface area contributed by atoms with Crippen LogP contribution in [0.25, 0.3) is 0 Å². The third-order valence-corrected chi connectivity index (χ3v) is 4.09. The van der Waals surface area contributed by atoms with E-state index in [1.807, 2.05) is 4.90 Å². The third kappa shape index (κ3) is 3.47. The van der Waals surface area contributed by atoms with Crippen LogP contribution in [0, 0.1) is 0 Å². The second-order valence-corrected chi connectivity index (χ2v) is 5.64. The molecule has 0 radical (unpaired) electrons. The van der Waals surface area contributed by atoms with Crippen molar-refractivity contribution in [1.29, 1.82) is 0 Å². The molecule has 1 aliphatic rings. The van der Waals surface area contributed by atoms with Crippen molar-refractivity contribution in [2.75, 3.05) is 39.5 Å². The molecule has 2 rings (SSSR count). The first-order valence-corrected chi connectivity index (χ1v) is 7.49. The summed E-state index contributed by atoms with van der Waals surface area (Å²) in [7, 11) is 3.69. The number of hydrogen-bond donors (Lipinski definition) is 1. The Bertz CT molecular complexity index is 504. The summed E-state index contributed by atoms with van der Waals surface area (Å²) < 4.78 is 5.32. The van der Waals surface area contributed by atoms with Crippen molar-refractivity contribution in [3.05, 3.63) is 23.8 Å². The highest BCUT2D eigenvalue weighted by atomic mass is 16.5. The average Bonchev–Trinajstić information content (AvgIpc) is 2.67. The fourth-order valence-electron chi connectivity index (χ4n) is 2.91. The standard InChI is InChI=1S/C16H25N3O2/c1-4-13-11-18(2)8-5-9-19(13)16(20)14-10-12(17)6-7-15(14)21-3/h6-7,10,13H,4-5,8-9,11,17H2,1-3H3. The number of amides is 1. The molecule has 116 valence electrons. The van der Waals surface area contributed by atoms with E-state index in [1.165, 1.54) is 0 Å². The SMILES string of the molecule is CCC1CN(C)CCCN1C(=O)c1cc(N)ccc1OC. The average molecular weight is 291 g/mol. The minimum absolute atomic E-state index is 0.0151. The summed E-state index contributed by atoms with van der Waals surface area (Å²) in [5, 5.41) is 0. The van der Waals surface area contributed by atoms with Crippen molar-refractivity contribution in [2.45, 2.75) is 25.8 Å².